The van der Waals surface area contributed by atoms with Crippen LogP contribution in [0.15, 0.2) is 12.1 Å². The first-order valence-corrected chi connectivity index (χ1v) is 4.27. The summed E-state index contributed by atoms with van der Waals surface area (Å²) in [6.45, 7) is 4.78. The minimum absolute atomic E-state index is 0.683. The first-order valence-electron chi connectivity index (χ1n) is 3.51. The van der Waals surface area contributed by atoms with Crippen LogP contribution in [0.25, 0.3) is 0 Å². The third kappa shape index (κ3) is 1.66. The van der Waals surface area contributed by atoms with Gasteiger partial charge in [0.15, 0.2) is 0 Å². The van der Waals surface area contributed by atoms with Crippen molar-refractivity contribution in [3.05, 3.63) is 28.0 Å². The standard InChI is InChI=1S/C8H10Cl2N/c1-3-11-7(9)5-4-6(2)8(11)10/h4-5H,3H2,1-2H3/q+1. The molecule has 3 heteroatoms. The lowest BCUT2D eigenvalue weighted by Gasteiger charge is -1.99. The zero-order valence-corrected chi connectivity index (χ0v) is 8.08. The lowest BCUT2D eigenvalue weighted by Crippen LogP contribution is -2.35. The van der Waals surface area contributed by atoms with Crippen LogP contribution in [0.2, 0.25) is 10.3 Å². The zero-order valence-electron chi connectivity index (χ0n) is 6.56. The molecule has 1 aromatic rings. The molecule has 0 N–H and O–H groups in total. The van der Waals surface area contributed by atoms with E-state index in [1.165, 1.54) is 0 Å². The van der Waals surface area contributed by atoms with E-state index < -0.39 is 0 Å². The highest BCUT2D eigenvalue weighted by Gasteiger charge is 2.13. The Labute approximate surface area is 76.6 Å². The van der Waals surface area contributed by atoms with Gasteiger partial charge < -0.3 is 0 Å². The van der Waals surface area contributed by atoms with Crippen molar-refractivity contribution in [3.63, 3.8) is 0 Å². The Balaban J connectivity index is 3.29. The van der Waals surface area contributed by atoms with E-state index in [1.54, 1.807) is 0 Å². The third-order valence-electron chi connectivity index (χ3n) is 1.61. The van der Waals surface area contributed by atoms with Crippen LogP contribution in [0.4, 0.5) is 0 Å². The second-order valence-electron chi connectivity index (χ2n) is 2.37. The quantitative estimate of drug-likeness (QED) is 0.474. The van der Waals surface area contributed by atoms with Crippen molar-refractivity contribution >= 4 is 23.2 Å². The molecule has 0 unspecified atom stereocenters. The van der Waals surface area contributed by atoms with E-state index in [9.17, 15) is 0 Å². The molecule has 1 rings (SSSR count). The van der Waals surface area contributed by atoms with Crippen LogP contribution < -0.4 is 4.57 Å². The average Bonchev–Trinajstić information content (AvgIpc) is 1.99. The summed E-state index contributed by atoms with van der Waals surface area (Å²) in [6.07, 6.45) is 0. The Morgan fingerprint density at radius 2 is 2.00 bits per heavy atom. The van der Waals surface area contributed by atoms with Gasteiger partial charge in [-0.3, -0.25) is 0 Å². The number of hydrogen-bond acceptors (Lipinski definition) is 0. The Hall–Kier alpha value is -0.270. The summed E-state index contributed by atoms with van der Waals surface area (Å²) < 4.78 is 1.86. The van der Waals surface area contributed by atoms with Gasteiger partial charge in [0.25, 0.3) is 10.3 Å². The van der Waals surface area contributed by atoms with Crippen molar-refractivity contribution in [2.75, 3.05) is 0 Å². The van der Waals surface area contributed by atoms with E-state index >= 15 is 0 Å². The number of pyridine rings is 1. The van der Waals surface area contributed by atoms with Gasteiger partial charge in [0.1, 0.15) is 6.54 Å². The smallest absolute Gasteiger partial charge is 0.172 e. The second kappa shape index (κ2) is 3.42. The summed E-state index contributed by atoms with van der Waals surface area (Å²) in [5.41, 5.74) is 1.05. The molecular formula is C8H10Cl2N+. The first kappa shape index (κ1) is 8.82. The van der Waals surface area contributed by atoms with Crippen molar-refractivity contribution in [1.82, 2.24) is 0 Å². The van der Waals surface area contributed by atoms with Crippen LogP contribution in [0.1, 0.15) is 12.5 Å². The van der Waals surface area contributed by atoms with Gasteiger partial charge in [-0.25, -0.2) is 0 Å². The average molecular weight is 191 g/mol. The summed E-state index contributed by atoms with van der Waals surface area (Å²) in [5.74, 6) is 0. The van der Waals surface area contributed by atoms with Crippen LogP contribution in [-0.4, -0.2) is 0 Å². The summed E-state index contributed by atoms with van der Waals surface area (Å²) in [4.78, 5) is 0. The van der Waals surface area contributed by atoms with Crippen LogP contribution >= 0.6 is 23.2 Å². The number of rotatable bonds is 1. The molecule has 0 amide bonds. The third-order valence-corrected chi connectivity index (χ3v) is 2.44. The number of halogens is 2. The summed E-state index contributed by atoms with van der Waals surface area (Å²) >= 11 is 11.9. The van der Waals surface area contributed by atoms with E-state index in [0.29, 0.717) is 5.15 Å². The maximum absolute atomic E-state index is 5.98. The largest absolute Gasteiger partial charge is 0.279 e. The molecule has 1 aromatic heterocycles. The Kier molecular flexibility index (Phi) is 2.74. The summed E-state index contributed by atoms with van der Waals surface area (Å²) in [7, 11) is 0. The van der Waals surface area contributed by atoms with Crippen molar-refractivity contribution < 1.29 is 4.57 Å². The lowest BCUT2D eigenvalue weighted by molar-refractivity contribution is -0.689. The van der Waals surface area contributed by atoms with E-state index in [0.717, 1.165) is 17.3 Å². The van der Waals surface area contributed by atoms with Gasteiger partial charge in [0, 0.05) is 11.6 Å². The molecule has 1 nitrogen and oxygen atoms in total. The first-order chi connectivity index (χ1) is 5.16. The van der Waals surface area contributed by atoms with E-state index in [1.807, 2.05) is 30.5 Å². The molecule has 0 radical (unpaired) electrons. The SMILES string of the molecule is CC[n+]1c(Cl)ccc(C)c1Cl. The Morgan fingerprint density at radius 1 is 1.36 bits per heavy atom. The molecule has 11 heavy (non-hydrogen) atoms. The molecule has 0 atom stereocenters. The fourth-order valence-electron chi connectivity index (χ4n) is 0.949. The van der Waals surface area contributed by atoms with Crippen molar-refractivity contribution in [1.29, 1.82) is 0 Å². The molecule has 0 aliphatic carbocycles. The van der Waals surface area contributed by atoms with E-state index in [-0.39, 0.29) is 0 Å². The van der Waals surface area contributed by atoms with Gasteiger partial charge in [-0.1, -0.05) is 0 Å². The van der Waals surface area contributed by atoms with E-state index in [4.69, 9.17) is 23.2 Å². The van der Waals surface area contributed by atoms with Crippen molar-refractivity contribution in [3.8, 4) is 0 Å². The molecule has 0 bridgehead atoms. The molecule has 60 valence electrons. The van der Waals surface area contributed by atoms with Gasteiger partial charge in [-0.2, -0.15) is 4.57 Å². The fraction of sp³-hybridized carbons (Fsp3) is 0.375. The van der Waals surface area contributed by atoms with Crippen molar-refractivity contribution in [2.45, 2.75) is 20.4 Å². The van der Waals surface area contributed by atoms with Gasteiger partial charge in [-0.15, -0.1) is 0 Å². The van der Waals surface area contributed by atoms with Crippen LogP contribution in [0.5, 0.6) is 0 Å². The minimum Gasteiger partial charge on any atom is -0.172 e. The van der Waals surface area contributed by atoms with Crippen LogP contribution in [-0.2, 0) is 6.54 Å². The lowest BCUT2D eigenvalue weighted by atomic mass is 10.3. The fourth-order valence-corrected chi connectivity index (χ4v) is 1.53. The highest BCUT2D eigenvalue weighted by molar-refractivity contribution is 6.31. The number of nitrogens with zero attached hydrogens (tertiary/aromatic N) is 1. The maximum Gasteiger partial charge on any atom is 0.279 e. The zero-order chi connectivity index (χ0) is 8.43. The molecule has 0 saturated carbocycles. The predicted molar refractivity (Wildman–Crippen MR) is 47.1 cm³/mol. The van der Waals surface area contributed by atoms with Crippen LogP contribution in [0, 0.1) is 6.92 Å². The topological polar surface area (TPSA) is 3.88 Å². The molecule has 1 heterocycles. The Morgan fingerprint density at radius 3 is 2.45 bits per heavy atom. The van der Waals surface area contributed by atoms with Crippen molar-refractivity contribution in [2.24, 2.45) is 0 Å². The Bertz CT molecular complexity index is 271. The molecule has 0 fully saturated rings. The minimum atomic E-state index is 0.683. The van der Waals surface area contributed by atoms with Gasteiger partial charge in [0.2, 0.25) is 0 Å². The highest BCUT2D eigenvalue weighted by Crippen LogP contribution is 2.12. The molecular weight excluding hydrogens is 181 g/mol. The van der Waals surface area contributed by atoms with Crippen LogP contribution in [0.3, 0.4) is 0 Å². The molecule has 0 saturated heterocycles. The molecule has 0 aliphatic heterocycles. The normalized spacial score (nSPS) is 10.2. The number of aromatic nitrogens is 1. The highest BCUT2D eigenvalue weighted by atomic mass is 35.5. The summed E-state index contributed by atoms with van der Waals surface area (Å²) in [5, 5.41) is 1.41. The predicted octanol–water partition coefficient (Wildman–Crippen LogP) is 2.61. The van der Waals surface area contributed by atoms with Gasteiger partial charge >= 0.3 is 0 Å². The second-order valence-corrected chi connectivity index (χ2v) is 3.12. The van der Waals surface area contributed by atoms with Gasteiger partial charge in [0.05, 0.1) is 0 Å². The molecule has 0 spiro atoms. The summed E-state index contributed by atoms with van der Waals surface area (Å²) in [6, 6.07) is 3.77. The maximum atomic E-state index is 5.98. The molecule has 0 aromatic carbocycles. The number of hydrogen-bond donors (Lipinski definition) is 0. The molecule has 0 aliphatic rings. The van der Waals surface area contributed by atoms with E-state index in [2.05, 4.69) is 0 Å². The monoisotopic (exact) mass is 190 g/mol. The number of aryl methyl sites for hydroxylation is 1. The van der Waals surface area contributed by atoms with Gasteiger partial charge in [-0.05, 0) is 43.1 Å².